The lowest BCUT2D eigenvalue weighted by Gasteiger charge is -2.35. The highest BCUT2D eigenvalue weighted by Crippen LogP contribution is 2.32. The van der Waals surface area contributed by atoms with Crippen molar-refractivity contribution in [2.24, 2.45) is 0 Å². The smallest absolute Gasteiger partial charge is 0.150 e. The van der Waals surface area contributed by atoms with Gasteiger partial charge < -0.3 is 9.80 Å². The number of nitrogens with zero attached hydrogens (tertiary/aromatic N) is 2. The van der Waals surface area contributed by atoms with Gasteiger partial charge in [-0.1, -0.05) is 30.3 Å². The highest BCUT2D eigenvalue weighted by atomic mass is 16.1. The third kappa shape index (κ3) is 2.98. The summed E-state index contributed by atoms with van der Waals surface area (Å²) in [6, 6.07) is 16.3. The molecule has 3 nitrogen and oxygen atoms in total. The first-order chi connectivity index (χ1) is 10.3. The van der Waals surface area contributed by atoms with Crippen molar-refractivity contribution in [3.05, 3.63) is 54.1 Å². The van der Waals surface area contributed by atoms with Gasteiger partial charge >= 0.3 is 0 Å². The number of piperazine rings is 1. The molecule has 21 heavy (non-hydrogen) atoms. The summed E-state index contributed by atoms with van der Waals surface area (Å²) < 4.78 is 0. The van der Waals surface area contributed by atoms with Crippen molar-refractivity contribution >= 4 is 12.0 Å². The largest absolute Gasteiger partial charge is 0.368 e. The predicted molar refractivity (Wildman–Crippen MR) is 87.0 cm³/mol. The number of likely N-dealkylation sites (N-methyl/N-ethyl adjacent to an activating group) is 1. The molecule has 0 spiro atoms. The average Bonchev–Trinajstić information content (AvgIpc) is 2.56. The fourth-order valence-corrected chi connectivity index (χ4v) is 2.80. The summed E-state index contributed by atoms with van der Waals surface area (Å²) in [6.45, 7) is 4.20. The average molecular weight is 280 g/mol. The molecule has 1 heterocycles. The summed E-state index contributed by atoms with van der Waals surface area (Å²) in [6.07, 6.45) is 0.917. The zero-order chi connectivity index (χ0) is 14.7. The van der Waals surface area contributed by atoms with Crippen molar-refractivity contribution in [1.82, 2.24) is 4.90 Å². The number of anilines is 1. The molecule has 0 saturated carbocycles. The monoisotopic (exact) mass is 280 g/mol. The van der Waals surface area contributed by atoms with E-state index >= 15 is 0 Å². The van der Waals surface area contributed by atoms with Crippen LogP contribution in [0.1, 0.15) is 10.4 Å². The molecule has 0 bridgehead atoms. The van der Waals surface area contributed by atoms with Gasteiger partial charge in [-0.25, -0.2) is 0 Å². The summed E-state index contributed by atoms with van der Waals surface area (Å²) in [4.78, 5) is 15.9. The molecule has 3 rings (SSSR count). The van der Waals surface area contributed by atoms with Crippen molar-refractivity contribution in [1.29, 1.82) is 0 Å². The Balaban J connectivity index is 2.01. The van der Waals surface area contributed by atoms with E-state index in [0.29, 0.717) is 0 Å². The zero-order valence-electron chi connectivity index (χ0n) is 12.3. The first kappa shape index (κ1) is 13.8. The van der Waals surface area contributed by atoms with E-state index in [1.54, 1.807) is 0 Å². The van der Waals surface area contributed by atoms with Crippen LogP contribution in [0.2, 0.25) is 0 Å². The predicted octanol–water partition coefficient (Wildman–Crippen LogP) is 2.92. The highest BCUT2D eigenvalue weighted by Gasteiger charge is 2.17. The summed E-state index contributed by atoms with van der Waals surface area (Å²) in [5.41, 5.74) is 4.26. The number of benzene rings is 2. The van der Waals surface area contributed by atoms with Crippen molar-refractivity contribution in [2.45, 2.75) is 0 Å². The molecular formula is C18H20N2O. The molecule has 0 unspecified atom stereocenters. The molecule has 2 aromatic rings. The topological polar surface area (TPSA) is 23.6 Å². The van der Waals surface area contributed by atoms with Crippen LogP contribution in [0.3, 0.4) is 0 Å². The maximum atomic E-state index is 11.1. The quantitative estimate of drug-likeness (QED) is 0.808. The van der Waals surface area contributed by atoms with Gasteiger partial charge in [0.05, 0.1) is 0 Å². The third-order valence-electron chi connectivity index (χ3n) is 4.09. The van der Waals surface area contributed by atoms with Crippen LogP contribution in [0.5, 0.6) is 0 Å². The van der Waals surface area contributed by atoms with Gasteiger partial charge in [-0.15, -0.1) is 0 Å². The molecule has 108 valence electrons. The Morgan fingerprint density at radius 3 is 2.33 bits per heavy atom. The Morgan fingerprint density at radius 1 is 0.952 bits per heavy atom. The van der Waals surface area contributed by atoms with Crippen LogP contribution in [0.4, 0.5) is 5.69 Å². The summed E-state index contributed by atoms with van der Waals surface area (Å²) >= 11 is 0. The van der Waals surface area contributed by atoms with Crippen molar-refractivity contribution in [2.75, 3.05) is 38.1 Å². The molecule has 0 atom stereocenters. The van der Waals surface area contributed by atoms with E-state index in [4.69, 9.17) is 0 Å². The first-order valence-electron chi connectivity index (χ1n) is 7.36. The second-order valence-corrected chi connectivity index (χ2v) is 5.55. The molecule has 0 aliphatic carbocycles. The van der Waals surface area contributed by atoms with E-state index in [1.165, 1.54) is 5.69 Å². The van der Waals surface area contributed by atoms with Crippen molar-refractivity contribution in [3.63, 3.8) is 0 Å². The first-order valence-corrected chi connectivity index (χ1v) is 7.36. The van der Waals surface area contributed by atoms with E-state index in [1.807, 2.05) is 30.3 Å². The van der Waals surface area contributed by atoms with Crippen LogP contribution in [0, 0.1) is 0 Å². The Morgan fingerprint density at radius 2 is 1.67 bits per heavy atom. The Labute approximate surface area is 125 Å². The van der Waals surface area contributed by atoms with Gasteiger partial charge in [0.15, 0.2) is 0 Å². The van der Waals surface area contributed by atoms with Crippen LogP contribution in [-0.4, -0.2) is 44.4 Å². The molecule has 0 radical (unpaired) electrons. The number of aldehydes is 1. The summed E-state index contributed by atoms with van der Waals surface area (Å²) in [5.74, 6) is 0. The molecule has 1 aliphatic heterocycles. The minimum Gasteiger partial charge on any atom is -0.368 e. The lowest BCUT2D eigenvalue weighted by molar-refractivity contribution is 0.112. The standard InChI is InChI=1S/C18H20N2O/c1-19-9-11-20(12-10-19)18-8-7-15(14-21)13-17(18)16-5-3-2-4-6-16/h2-8,13-14H,9-12H2,1H3. The lowest BCUT2D eigenvalue weighted by Crippen LogP contribution is -2.44. The maximum absolute atomic E-state index is 11.1. The molecule has 1 fully saturated rings. The van der Waals surface area contributed by atoms with E-state index in [-0.39, 0.29) is 0 Å². The summed E-state index contributed by atoms with van der Waals surface area (Å²) in [5, 5.41) is 0. The number of hydrogen-bond donors (Lipinski definition) is 0. The van der Waals surface area contributed by atoms with Crippen molar-refractivity contribution in [3.8, 4) is 11.1 Å². The third-order valence-corrected chi connectivity index (χ3v) is 4.09. The van der Waals surface area contributed by atoms with Gasteiger partial charge in [0.2, 0.25) is 0 Å². The van der Waals surface area contributed by atoms with Crippen LogP contribution in [-0.2, 0) is 0 Å². The molecule has 0 aromatic heterocycles. The maximum Gasteiger partial charge on any atom is 0.150 e. The van der Waals surface area contributed by atoms with E-state index in [9.17, 15) is 4.79 Å². The van der Waals surface area contributed by atoms with Gasteiger partial charge in [-0.05, 0) is 30.8 Å². The second kappa shape index (κ2) is 6.10. The van der Waals surface area contributed by atoms with Gasteiger partial charge in [-0.2, -0.15) is 0 Å². The fourth-order valence-electron chi connectivity index (χ4n) is 2.80. The van der Waals surface area contributed by atoms with Crippen LogP contribution in [0.15, 0.2) is 48.5 Å². The second-order valence-electron chi connectivity index (χ2n) is 5.55. The number of rotatable bonds is 3. The lowest BCUT2D eigenvalue weighted by atomic mass is 10.00. The fraction of sp³-hybridized carbons (Fsp3) is 0.278. The van der Waals surface area contributed by atoms with Gasteiger partial charge in [0, 0.05) is 43.0 Å². The number of hydrogen-bond acceptors (Lipinski definition) is 3. The Hall–Kier alpha value is -2.13. The minimum atomic E-state index is 0.728. The minimum absolute atomic E-state index is 0.728. The molecule has 3 heteroatoms. The van der Waals surface area contributed by atoms with E-state index in [0.717, 1.165) is 49.2 Å². The van der Waals surface area contributed by atoms with Crippen molar-refractivity contribution < 1.29 is 4.79 Å². The van der Waals surface area contributed by atoms with Crippen LogP contribution in [0.25, 0.3) is 11.1 Å². The zero-order valence-corrected chi connectivity index (χ0v) is 12.3. The van der Waals surface area contributed by atoms with Gasteiger partial charge in [0.25, 0.3) is 0 Å². The SMILES string of the molecule is CN1CCN(c2ccc(C=O)cc2-c2ccccc2)CC1. The molecule has 1 saturated heterocycles. The van der Waals surface area contributed by atoms with Gasteiger partial charge in [0.1, 0.15) is 6.29 Å². The van der Waals surface area contributed by atoms with Crippen LogP contribution >= 0.6 is 0 Å². The Bertz CT molecular complexity index is 616. The molecule has 0 amide bonds. The summed E-state index contributed by atoms with van der Waals surface area (Å²) in [7, 11) is 2.16. The Kier molecular flexibility index (Phi) is 4.02. The van der Waals surface area contributed by atoms with E-state index < -0.39 is 0 Å². The van der Waals surface area contributed by atoms with Crippen LogP contribution < -0.4 is 4.90 Å². The molecule has 2 aromatic carbocycles. The van der Waals surface area contributed by atoms with Gasteiger partial charge in [-0.3, -0.25) is 4.79 Å². The molecule has 0 N–H and O–H groups in total. The number of carbonyl (C=O) groups excluding carboxylic acids is 1. The molecular weight excluding hydrogens is 260 g/mol. The highest BCUT2D eigenvalue weighted by molar-refractivity contribution is 5.85. The molecule has 1 aliphatic rings. The number of carbonyl (C=O) groups is 1. The van der Waals surface area contributed by atoms with E-state index in [2.05, 4.69) is 35.0 Å². The normalized spacial score (nSPS) is 16.0.